The Morgan fingerprint density at radius 3 is 2.57 bits per heavy atom. The largest absolute Gasteiger partial charge is 0.316 e. The summed E-state index contributed by atoms with van der Waals surface area (Å²) in [5, 5.41) is 4.36. The minimum Gasteiger partial charge on any atom is -0.316 e. The van der Waals surface area contributed by atoms with E-state index in [2.05, 4.69) is 11.4 Å². The molecule has 4 heteroatoms. The summed E-state index contributed by atoms with van der Waals surface area (Å²) in [6.07, 6.45) is 0.999. The first-order valence-electron chi connectivity index (χ1n) is 7.06. The fraction of sp³-hybridized carbons (Fsp3) is 0.294. The number of benzene rings is 2. The third-order valence-electron chi connectivity index (χ3n) is 4.13. The Morgan fingerprint density at radius 1 is 1.00 bits per heavy atom. The maximum Gasteiger partial charge on any atom is 0.141 e. The van der Waals surface area contributed by atoms with Crippen molar-refractivity contribution in [3.05, 3.63) is 69.5 Å². The van der Waals surface area contributed by atoms with E-state index in [-0.39, 0.29) is 10.8 Å². The van der Waals surface area contributed by atoms with Gasteiger partial charge in [0, 0.05) is 17.5 Å². The van der Waals surface area contributed by atoms with Crippen molar-refractivity contribution in [2.24, 2.45) is 0 Å². The lowest BCUT2D eigenvalue weighted by Crippen LogP contribution is -2.34. The highest BCUT2D eigenvalue weighted by Gasteiger charge is 2.28. The molecular formula is C17H16Cl2FN. The number of halogens is 3. The highest BCUT2D eigenvalue weighted by molar-refractivity contribution is 6.31. The molecule has 0 aliphatic carbocycles. The molecule has 1 saturated heterocycles. The van der Waals surface area contributed by atoms with Gasteiger partial charge in [-0.2, -0.15) is 0 Å². The Morgan fingerprint density at radius 2 is 1.81 bits per heavy atom. The van der Waals surface area contributed by atoms with E-state index in [9.17, 15) is 4.39 Å². The number of hydrogen-bond donors (Lipinski definition) is 1. The zero-order valence-electron chi connectivity index (χ0n) is 11.5. The van der Waals surface area contributed by atoms with E-state index < -0.39 is 0 Å². The molecule has 1 nitrogen and oxygen atoms in total. The van der Waals surface area contributed by atoms with E-state index >= 15 is 0 Å². The van der Waals surface area contributed by atoms with Crippen LogP contribution in [-0.2, 0) is 0 Å². The molecule has 110 valence electrons. The van der Waals surface area contributed by atoms with Gasteiger partial charge in [-0.25, -0.2) is 4.39 Å². The van der Waals surface area contributed by atoms with Crippen LogP contribution in [0.2, 0.25) is 10.0 Å². The van der Waals surface area contributed by atoms with Gasteiger partial charge in [0.1, 0.15) is 5.82 Å². The minimum absolute atomic E-state index is 0.191. The van der Waals surface area contributed by atoms with Crippen molar-refractivity contribution in [3.8, 4) is 0 Å². The van der Waals surface area contributed by atoms with Gasteiger partial charge in [0.15, 0.2) is 0 Å². The summed E-state index contributed by atoms with van der Waals surface area (Å²) >= 11 is 12.1. The van der Waals surface area contributed by atoms with Crippen LogP contribution in [0.15, 0.2) is 42.5 Å². The van der Waals surface area contributed by atoms with Crippen LogP contribution in [0.1, 0.15) is 29.4 Å². The molecule has 2 aromatic carbocycles. The van der Waals surface area contributed by atoms with Gasteiger partial charge in [-0.05, 0) is 54.3 Å². The Balaban J connectivity index is 1.96. The first-order chi connectivity index (χ1) is 10.1. The first kappa shape index (κ1) is 14.8. The second-order valence-corrected chi connectivity index (χ2v) is 6.28. The number of rotatable bonds is 2. The van der Waals surface area contributed by atoms with E-state index in [1.165, 1.54) is 11.6 Å². The number of hydrogen-bond acceptors (Lipinski definition) is 1. The summed E-state index contributed by atoms with van der Waals surface area (Å²) in [7, 11) is 0. The third kappa shape index (κ3) is 3.23. The molecule has 0 spiro atoms. The summed E-state index contributed by atoms with van der Waals surface area (Å²) in [4.78, 5) is 0. The highest BCUT2D eigenvalue weighted by atomic mass is 35.5. The Labute approximate surface area is 134 Å². The Kier molecular flexibility index (Phi) is 4.48. The standard InChI is InChI=1S/C17H16Cl2FN/c18-13-3-1-2-11(8-13)15-10-21-7-6-14(15)12-4-5-17(20)16(19)9-12/h1-5,8-9,14-15,21H,6-7,10H2. The maximum absolute atomic E-state index is 13.4. The second kappa shape index (κ2) is 6.35. The second-order valence-electron chi connectivity index (χ2n) is 5.43. The molecule has 2 unspecified atom stereocenters. The monoisotopic (exact) mass is 323 g/mol. The summed E-state index contributed by atoms with van der Waals surface area (Å²) in [6, 6.07) is 13.0. The minimum atomic E-state index is -0.367. The van der Waals surface area contributed by atoms with Crippen molar-refractivity contribution in [1.82, 2.24) is 5.32 Å². The molecule has 0 aromatic heterocycles. The number of piperidine rings is 1. The molecule has 0 saturated carbocycles. The topological polar surface area (TPSA) is 12.0 Å². The SMILES string of the molecule is Fc1ccc(C2CCNCC2c2cccc(Cl)c2)cc1Cl. The quantitative estimate of drug-likeness (QED) is 0.820. The van der Waals surface area contributed by atoms with Crippen LogP contribution in [0.4, 0.5) is 4.39 Å². The van der Waals surface area contributed by atoms with Crippen LogP contribution < -0.4 is 5.32 Å². The van der Waals surface area contributed by atoms with Gasteiger partial charge >= 0.3 is 0 Å². The molecule has 1 heterocycles. The van der Waals surface area contributed by atoms with Crippen LogP contribution >= 0.6 is 23.2 Å². The molecule has 0 amide bonds. The van der Waals surface area contributed by atoms with Crippen molar-refractivity contribution in [2.75, 3.05) is 13.1 Å². The molecule has 1 N–H and O–H groups in total. The lowest BCUT2D eigenvalue weighted by molar-refractivity contribution is 0.404. The van der Waals surface area contributed by atoms with Gasteiger partial charge in [0.2, 0.25) is 0 Å². The molecule has 0 bridgehead atoms. The first-order valence-corrected chi connectivity index (χ1v) is 7.82. The molecule has 2 aromatic rings. The van der Waals surface area contributed by atoms with E-state index in [1.54, 1.807) is 6.07 Å². The van der Waals surface area contributed by atoms with Crippen LogP contribution in [0.3, 0.4) is 0 Å². The normalized spacial score (nSPS) is 22.2. The summed E-state index contributed by atoms with van der Waals surface area (Å²) in [5.41, 5.74) is 2.30. The van der Waals surface area contributed by atoms with Gasteiger partial charge < -0.3 is 5.32 Å². The van der Waals surface area contributed by atoms with Crippen LogP contribution in [0.25, 0.3) is 0 Å². The zero-order chi connectivity index (χ0) is 14.8. The molecule has 21 heavy (non-hydrogen) atoms. The molecule has 3 rings (SSSR count). The van der Waals surface area contributed by atoms with Crippen molar-refractivity contribution in [1.29, 1.82) is 0 Å². The molecular weight excluding hydrogens is 308 g/mol. The molecule has 2 atom stereocenters. The fourth-order valence-electron chi connectivity index (χ4n) is 3.09. The third-order valence-corrected chi connectivity index (χ3v) is 4.66. The summed E-state index contributed by atoms with van der Waals surface area (Å²) in [5.74, 6) is 0.274. The van der Waals surface area contributed by atoms with E-state index in [4.69, 9.17) is 23.2 Å². The van der Waals surface area contributed by atoms with Crippen LogP contribution in [0.5, 0.6) is 0 Å². The average molecular weight is 324 g/mol. The Hall–Kier alpha value is -1.09. The van der Waals surface area contributed by atoms with Gasteiger partial charge in [-0.3, -0.25) is 0 Å². The lowest BCUT2D eigenvalue weighted by atomic mass is 9.77. The van der Waals surface area contributed by atoms with Crippen molar-refractivity contribution < 1.29 is 4.39 Å². The van der Waals surface area contributed by atoms with Crippen molar-refractivity contribution >= 4 is 23.2 Å². The predicted octanol–water partition coefficient (Wildman–Crippen LogP) is 4.99. The van der Waals surface area contributed by atoms with Crippen LogP contribution in [-0.4, -0.2) is 13.1 Å². The smallest absolute Gasteiger partial charge is 0.141 e. The molecule has 1 fully saturated rings. The zero-order valence-corrected chi connectivity index (χ0v) is 13.0. The van der Waals surface area contributed by atoms with Gasteiger partial charge in [-0.15, -0.1) is 0 Å². The van der Waals surface area contributed by atoms with Crippen molar-refractivity contribution in [3.63, 3.8) is 0 Å². The lowest BCUT2D eigenvalue weighted by Gasteiger charge is -2.33. The van der Waals surface area contributed by atoms with Gasteiger partial charge in [-0.1, -0.05) is 41.4 Å². The van der Waals surface area contributed by atoms with Crippen molar-refractivity contribution in [2.45, 2.75) is 18.3 Å². The predicted molar refractivity (Wildman–Crippen MR) is 85.8 cm³/mol. The Bertz CT molecular complexity index is 644. The van der Waals surface area contributed by atoms with E-state index in [0.717, 1.165) is 30.1 Å². The molecule has 1 aliphatic rings. The molecule has 1 aliphatic heterocycles. The van der Waals surface area contributed by atoms with Crippen LogP contribution in [0, 0.1) is 5.82 Å². The van der Waals surface area contributed by atoms with E-state index in [1.807, 2.05) is 24.3 Å². The highest BCUT2D eigenvalue weighted by Crippen LogP contribution is 2.38. The van der Waals surface area contributed by atoms with Gasteiger partial charge in [0.05, 0.1) is 5.02 Å². The van der Waals surface area contributed by atoms with E-state index in [0.29, 0.717) is 11.8 Å². The summed E-state index contributed by atoms with van der Waals surface area (Å²) in [6.45, 7) is 1.84. The summed E-state index contributed by atoms with van der Waals surface area (Å²) < 4.78 is 13.4. The fourth-order valence-corrected chi connectivity index (χ4v) is 3.48. The average Bonchev–Trinajstić information content (AvgIpc) is 2.50. The maximum atomic E-state index is 13.4. The number of nitrogens with one attached hydrogen (secondary N) is 1. The van der Waals surface area contributed by atoms with Gasteiger partial charge in [0.25, 0.3) is 0 Å². The molecule has 0 radical (unpaired) electrons.